The first-order chi connectivity index (χ1) is 14.7. The van der Waals surface area contributed by atoms with Crippen molar-refractivity contribution >= 4 is 21.8 Å². The largest absolute Gasteiger partial charge is 0.496 e. The average Bonchev–Trinajstić information content (AvgIpc) is 3.09. The second-order valence-corrected chi connectivity index (χ2v) is 8.43. The number of carbonyl (C=O) groups is 1. The van der Waals surface area contributed by atoms with Crippen LogP contribution in [0.2, 0.25) is 0 Å². The van der Waals surface area contributed by atoms with Crippen molar-refractivity contribution in [2.45, 2.75) is 31.2 Å². The van der Waals surface area contributed by atoms with Crippen LogP contribution in [0.5, 0.6) is 5.75 Å². The minimum absolute atomic E-state index is 0.0559. The number of carbonyl (C=O) groups excluding carboxylic acids is 1. The van der Waals surface area contributed by atoms with Gasteiger partial charge in [-0.3, -0.25) is 4.79 Å². The SMILES string of the molecule is COc1ccccc1CNC(=O)C1(CCCCBr)c2ccccc2-c2ccccc21. The topological polar surface area (TPSA) is 38.3 Å². The number of amides is 1. The maximum absolute atomic E-state index is 13.9. The predicted molar refractivity (Wildman–Crippen MR) is 125 cm³/mol. The van der Waals surface area contributed by atoms with Crippen LogP contribution in [0.25, 0.3) is 11.1 Å². The number of fused-ring (bicyclic) bond motifs is 3. The van der Waals surface area contributed by atoms with Crippen molar-refractivity contribution in [2.24, 2.45) is 0 Å². The Hall–Kier alpha value is -2.59. The Bertz CT molecular complexity index is 1000. The number of hydrogen-bond donors (Lipinski definition) is 1. The van der Waals surface area contributed by atoms with E-state index in [9.17, 15) is 4.79 Å². The van der Waals surface area contributed by atoms with Gasteiger partial charge in [0.25, 0.3) is 0 Å². The Labute approximate surface area is 186 Å². The molecular formula is C26H26BrNO2. The number of unbranched alkanes of at least 4 members (excludes halogenated alkanes) is 1. The summed E-state index contributed by atoms with van der Waals surface area (Å²) in [7, 11) is 1.66. The second-order valence-electron chi connectivity index (χ2n) is 7.64. The zero-order valence-electron chi connectivity index (χ0n) is 17.2. The molecule has 4 heteroatoms. The summed E-state index contributed by atoms with van der Waals surface area (Å²) in [5.41, 5.74) is 4.86. The number of nitrogens with one attached hydrogen (secondary N) is 1. The summed E-state index contributed by atoms with van der Waals surface area (Å²) in [4.78, 5) is 13.9. The van der Waals surface area contributed by atoms with Crippen molar-refractivity contribution in [3.05, 3.63) is 89.5 Å². The fourth-order valence-electron chi connectivity index (χ4n) is 4.61. The number of alkyl halides is 1. The quantitative estimate of drug-likeness (QED) is 0.336. The molecule has 4 rings (SSSR count). The molecule has 0 saturated carbocycles. The first-order valence-electron chi connectivity index (χ1n) is 10.4. The van der Waals surface area contributed by atoms with Gasteiger partial charge in [-0.05, 0) is 41.2 Å². The number of para-hydroxylation sites is 1. The van der Waals surface area contributed by atoms with E-state index in [1.165, 1.54) is 11.1 Å². The molecule has 3 aromatic rings. The number of methoxy groups -OCH3 is 1. The highest BCUT2D eigenvalue weighted by Crippen LogP contribution is 2.51. The molecule has 3 nitrogen and oxygen atoms in total. The fourth-order valence-corrected chi connectivity index (χ4v) is 5.01. The van der Waals surface area contributed by atoms with Crippen molar-refractivity contribution < 1.29 is 9.53 Å². The molecule has 3 aromatic carbocycles. The third-order valence-corrected chi connectivity index (χ3v) is 6.58. The second kappa shape index (κ2) is 9.05. The summed E-state index contributed by atoms with van der Waals surface area (Å²) >= 11 is 3.54. The molecule has 1 aliphatic carbocycles. The van der Waals surface area contributed by atoms with Crippen molar-refractivity contribution in [1.82, 2.24) is 5.32 Å². The normalized spacial score (nSPS) is 13.4. The zero-order valence-corrected chi connectivity index (χ0v) is 18.7. The summed E-state index contributed by atoms with van der Waals surface area (Å²) < 4.78 is 5.46. The molecule has 0 atom stereocenters. The van der Waals surface area contributed by atoms with Gasteiger partial charge in [0, 0.05) is 17.4 Å². The number of rotatable bonds is 8. The highest BCUT2D eigenvalue weighted by atomic mass is 79.9. The van der Waals surface area contributed by atoms with E-state index >= 15 is 0 Å². The molecule has 30 heavy (non-hydrogen) atoms. The Balaban J connectivity index is 1.74. The Morgan fingerprint density at radius 2 is 1.50 bits per heavy atom. The molecule has 0 aliphatic heterocycles. The molecule has 0 fully saturated rings. The van der Waals surface area contributed by atoms with Crippen LogP contribution in [0.3, 0.4) is 0 Å². The van der Waals surface area contributed by atoms with Crippen LogP contribution in [0.4, 0.5) is 0 Å². The minimum Gasteiger partial charge on any atom is -0.496 e. The monoisotopic (exact) mass is 463 g/mol. The van der Waals surface area contributed by atoms with E-state index in [1.54, 1.807) is 7.11 Å². The van der Waals surface area contributed by atoms with Crippen LogP contribution in [0.1, 0.15) is 36.0 Å². The third kappa shape index (κ3) is 3.54. The Kier molecular flexibility index (Phi) is 6.24. The van der Waals surface area contributed by atoms with Gasteiger partial charge in [0.05, 0.1) is 7.11 Å². The molecule has 1 aliphatic rings. The third-order valence-electron chi connectivity index (χ3n) is 6.02. The van der Waals surface area contributed by atoms with Crippen molar-refractivity contribution in [1.29, 1.82) is 0 Å². The highest BCUT2D eigenvalue weighted by Gasteiger charge is 2.48. The van der Waals surface area contributed by atoms with Gasteiger partial charge in [-0.1, -0.05) is 89.1 Å². The summed E-state index contributed by atoms with van der Waals surface area (Å²) in [5.74, 6) is 0.846. The maximum atomic E-state index is 13.9. The molecule has 1 amide bonds. The summed E-state index contributed by atoms with van der Waals surface area (Å²) in [5, 5.41) is 4.17. The van der Waals surface area contributed by atoms with Gasteiger partial charge in [0.1, 0.15) is 11.2 Å². The lowest BCUT2D eigenvalue weighted by atomic mass is 9.73. The molecule has 0 unspecified atom stereocenters. The molecular weight excluding hydrogens is 438 g/mol. The van der Waals surface area contributed by atoms with E-state index in [0.717, 1.165) is 47.0 Å². The lowest BCUT2D eigenvalue weighted by molar-refractivity contribution is -0.125. The number of halogens is 1. The van der Waals surface area contributed by atoms with Gasteiger partial charge in [-0.25, -0.2) is 0 Å². The predicted octanol–water partition coefficient (Wildman–Crippen LogP) is 5.84. The molecule has 0 heterocycles. The lowest BCUT2D eigenvalue weighted by Gasteiger charge is -2.31. The van der Waals surface area contributed by atoms with E-state index in [2.05, 4.69) is 57.6 Å². The maximum Gasteiger partial charge on any atom is 0.235 e. The van der Waals surface area contributed by atoms with Crippen molar-refractivity contribution in [3.8, 4) is 16.9 Å². The van der Waals surface area contributed by atoms with Crippen molar-refractivity contribution in [3.63, 3.8) is 0 Å². The number of ether oxygens (including phenoxy) is 1. The smallest absolute Gasteiger partial charge is 0.235 e. The molecule has 0 saturated heterocycles. The molecule has 0 spiro atoms. The van der Waals surface area contributed by atoms with Crippen LogP contribution in [-0.4, -0.2) is 18.3 Å². The van der Waals surface area contributed by atoms with Gasteiger partial charge in [0.15, 0.2) is 0 Å². The number of benzene rings is 3. The average molecular weight is 464 g/mol. The van der Waals surface area contributed by atoms with Gasteiger partial charge in [-0.15, -0.1) is 0 Å². The summed E-state index contributed by atoms with van der Waals surface area (Å²) in [6.07, 6.45) is 2.78. The van der Waals surface area contributed by atoms with E-state index < -0.39 is 5.41 Å². The van der Waals surface area contributed by atoms with Gasteiger partial charge < -0.3 is 10.1 Å². The van der Waals surface area contributed by atoms with Crippen LogP contribution < -0.4 is 10.1 Å². The minimum atomic E-state index is -0.669. The molecule has 154 valence electrons. The van der Waals surface area contributed by atoms with Gasteiger partial charge in [0.2, 0.25) is 5.91 Å². The Morgan fingerprint density at radius 1 is 0.900 bits per heavy atom. The zero-order chi connectivity index (χ0) is 21.0. The van der Waals surface area contributed by atoms with Crippen molar-refractivity contribution in [2.75, 3.05) is 12.4 Å². The summed E-state index contributed by atoms with van der Waals surface area (Å²) in [6.45, 7) is 0.438. The highest BCUT2D eigenvalue weighted by molar-refractivity contribution is 9.09. The lowest BCUT2D eigenvalue weighted by Crippen LogP contribution is -2.44. The summed E-state index contributed by atoms with van der Waals surface area (Å²) in [6, 6.07) is 24.5. The van der Waals surface area contributed by atoms with E-state index in [0.29, 0.717) is 6.54 Å². The molecule has 1 N–H and O–H groups in total. The van der Waals surface area contributed by atoms with Crippen LogP contribution in [-0.2, 0) is 16.8 Å². The Morgan fingerprint density at radius 3 is 2.13 bits per heavy atom. The standard InChI is InChI=1S/C26H26BrNO2/c1-30-24-15-7-2-10-19(24)18-28-25(29)26(16-8-9-17-27)22-13-5-3-11-20(22)21-12-4-6-14-23(21)26/h2-7,10-15H,8-9,16-18H2,1H3,(H,28,29). The van der Waals surface area contributed by atoms with E-state index in [4.69, 9.17) is 4.74 Å². The molecule has 0 bridgehead atoms. The van der Waals surface area contributed by atoms with Crippen LogP contribution in [0.15, 0.2) is 72.8 Å². The van der Waals surface area contributed by atoms with Gasteiger partial charge >= 0.3 is 0 Å². The van der Waals surface area contributed by atoms with Crippen LogP contribution >= 0.6 is 15.9 Å². The first kappa shape index (κ1) is 20.7. The van der Waals surface area contributed by atoms with Crippen LogP contribution in [0, 0.1) is 0 Å². The van der Waals surface area contributed by atoms with E-state index in [1.807, 2.05) is 36.4 Å². The number of hydrogen-bond acceptors (Lipinski definition) is 2. The van der Waals surface area contributed by atoms with Gasteiger partial charge in [-0.2, -0.15) is 0 Å². The molecule has 0 radical (unpaired) electrons. The fraction of sp³-hybridized carbons (Fsp3) is 0.269. The van der Waals surface area contributed by atoms with E-state index in [-0.39, 0.29) is 5.91 Å². The first-order valence-corrected chi connectivity index (χ1v) is 11.5. The molecule has 0 aromatic heterocycles.